The lowest BCUT2D eigenvalue weighted by Crippen LogP contribution is -2.30. The monoisotopic (exact) mass is 1020 g/mol. The van der Waals surface area contributed by atoms with Crippen LogP contribution >= 0.6 is 0 Å². The molecule has 1 unspecified atom stereocenters. The van der Waals surface area contributed by atoms with E-state index in [0.717, 1.165) is 96.3 Å². The second-order valence-corrected chi connectivity index (χ2v) is 21.7. The number of carbonyl (C=O) groups is 3. The zero-order valence-electron chi connectivity index (χ0n) is 48.9. The van der Waals surface area contributed by atoms with Crippen LogP contribution in [-0.2, 0) is 28.6 Å². The first-order valence-electron chi connectivity index (χ1n) is 32.1. The third-order valence-corrected chi connectivity index (χ3v) is 14.3. The zero-order valence-corrected chi connectivity index (χ0v) is 48.9. The van der Waals surface area contributed by atoms with Crippen LogP contribution < -0.4 is 0 Å². The number of hydrogen-bond acceptors (Lipinski definition) is 6. The highest BCUT2D eigenvalue weighted by molar-refractivity contribution is 5.71. The molecule has 0 aromatic heterocycles. The fourth-order valence-electron chi connectivity index (χ4n) is 9.56. The molecule has 0 aliphatic carbocycles. The first-order chi connectivity index (χ1) is 36.0. The Hall–Kier alpha value is -2.63. The molecule has 6 nitrogen and oxygen atoms in total. The summed E-state index contributed by atoms with van der Waals surface area (Å²) in [6.07, 6.45) is 76.9. The predicted molar refractivity (Wildman–Crippen MR) is 316 cm³/mol. The first kappa shape index (κ1) is 70.4. The number of allylic oxidation sites excluding steroid dienone is 8. The van der Waals surface area contributed by atoms with Crippen LogP contribution in [0.25, 0.3) is 0 Å². The minimum absolute atomic E-state index is 0.0759. The number of unbranched alkanes of at least 4 members (excludes halogenated alkanes) is 40. The van der Waals surface area contributed by atoms with Crippen LogP contribution in [0.15, 0.2) is 48.6 Å². The van der Waals surface area contributed by atoms with E-state index in [9.17, 15) is 14.4 Å². The highest BCUT2D eigenvalue weighted by Crippen LogP contribution is 2.18. The Morgan fingerprint density at radius 1 is 0.288 bits per heavy atom. The second kappa shape index (κ2) is 61.9. The molecule has 0 N–H and O–H groups in total. The molecular weight excluding hydrogens is 901 g/mol. The van der Waals surface area contributed by atoms with Gasteiger partial charge in [0.2, 0.25) is 0 Å². The van der Waals surface area contributed by atoms with Gasteiger partial charge in [0.25, 0.3) is 0 Å². The van der Waals surface area contributed by atoms with Gasteiger partial charge in [0, 0.05) is 19.3 Å². The van der Waals surface area contributed by atoms with Crippen molar-refractivity contribution in [3.05, 3.63) is 48.6 Å². The Labute approximate surface area is 454 Å². The SMILES string of the molecule is CC/C=C\C/C=C\C/C=C\C/C=C\CCCCCCC(=O)OCC(COC(=O)CCCCCCCCCCCCCCCCCCCCC)OC(=O)CCCCCCCCCCCCCCCCCCCCC. The third kappa shape index (κ3) is 60.1. The summed E-state index contributed by atoms with van der Waals surface area (Å²) < 4.78 is 16.9. The predicted octanol–water partition coefficient (Wildman–Crippen LogP) is 21.8. The van der Waals surface area contributed by atoms with E-state index in [1.807, 2.05) is 0 Å². The lowest BCUT2D eigenvalue weighted by Gasteiger charge is -2.18. The van der Waals surface area contributed by atoms with E-state index in [4.69, 9.17) is 14.2 Å². The minimum atomic E-state index is -0.781. The third-order valence-electron chi connectivity index (χ3n) is 14.3. The maximum absolute atomic E-state index is 12.9. The second-order valence-electron chi connectivity index (χ2n) is 21.7. The number of rotatable bonds is 59. The van der Waals surface area contributed by atoms with Gasteiger partial charge in [-0.25, -0.2) is 0 Å². The molecule has 0 saturated carbocycles. The molecule has 0 fully saturated rings. The summed E-state index contributed by atoms with van der Waals surface area (Å²) in [6, 6.07) is 0. The molecule has 0 aliphatic rings. The summed E-state index contributed by atoms with van der Waals surface area (Å²) in [6.45, 7) is 6.57. The van der Waals surface area contributed by atoms with Crippen molar-refractivity contribution >= 4 is 17.9 Å². The van der Waals surface area contributed by atoms with Crippen LogP contribution in [0.5, 0.6) is 0 Å². The highest BCUT2D eigenvalue weighted by atomic mass is 16.6. The number of hydrogen-bond donors (Lipinski definition) is 0. The molecule has 0 rings (SSSR count). The molecule has 0 radical (unpaired) electrons. The molecule has 0 aromatic carbocycles. The first-order valence-corrected chi connectivity index (χ1v) is 32.1. The van der Waals surface area contributed by atoms with Gasteiger partial charge in [0.1, 0.15) is 13.2 Å². The van der Waals surface area contributed by atoms with Crippen molar-refractivity contribution in [2.75, 3.05) is 13.2 Å². The summed E-state index contributed by atoms with van der Waals surface area (Å²) in [4.78, 5) is 38.3. The number of carbonyl (C=O) groups excluding carboxylic acids is 3. The van der Waals surface area contributed by atoms with E-state index in [0.29, 0.717) is 19.3 Å². The fourth-order valence-corrected chi connectivity index (χ4v) is 9.56. The maximum atomic E-state index is 12.9. The van der Waals surface area contributed by atoms with Gasteiger partial charge in [-0.15, -0.1) is 0 Å². The van der Waals surface area contributed by atoms with Gasteiger partial charge in [-0.2, -0.15) is 0 Å². The van der Waals surface area contributed by atoms with Gasteiger partial charge in [-0.3, -0.25) is 14.4 Å². The topological polar surface area (TPSA) is 78.9 Å². The van der Waals surface area contributed by atoms with Crippen molar-refractivity contribution in [1.82, 2.24) is 0 Å². The van der Waals surface area contributed by atoms with Crippen molar-refractivity contribution < 1.29 is 28.6 Å². The summed E-state index contributed by atoms with van der Waals surface area (Å²) in [5.74, 6) is -0.876. The van der Waals surface area contributed by atoms with Crippen LogP contribution in [0.2, 0.25) is 0 Å². The molecule has 0 heterocycles. The van der Waals surface area contributed by atoms with E-state index in [-0.39, 0.29) is 31.1 Å². The summed E-state index contributed by atoms with van der Waals surface area (Å²) >= 11 is 0. The van der Waals surface area contributed by atoms with Gasteiger partial charge >= 0.3 is 17.9 Å². The lowest BCUT2D eigenvalue weighted by molar-refractivity contribution is -0.167. The highest BCUT2D eigenvalue weighted by Gasteiger charge is 2.19. The van der Waals surface area contributed by atoms with E-state index in [1.54, 1.807) is 0 Å². The van der Waals surface area contributed by atoms with Crippen molar-refractivity contribution in [2.24, 2.45) is 0 Å². The van der Waals surface area contributed by atoms with Gasteiger partial charge in [0.15, 0.2) is 6.10 Å². The fraction of sp³-hybridized carbons (Fsp3) is 0.836. The molecule has 0 amide bonds. The summed E-state index contributed by atoms with van der Waals surface area (Å²) in [5.41, 5.74) is 0. The Morgan fingerprint density at radius 3 is 0.836 bits per heavy atom. The van der Waals surface area contributed by atoms with E-state index < -0.39 is 6.10 Å². The standard InChI is InChI=1S/C67H122O6/c1-4-7-10-13-16-19-22-25-28-31-33-36-39-42-45-48-51-54-57-60-66(69)72-63-64(62-71-65(68)59-56-53-50-47-44-41-38-35-30-27-24-21-18-15-12-9-6-3)73-67(70)61-58-55-52-49-46-43-40-37-34-32-29-26-23-20-17-14-11-8-5-2/h9,12,18,21,27,30,38,41,64H,4-8,10-11,13-17,19-20,22-26,28-29,31-37,39-40,42-63H2,1-3H3/b12-9-,21-18-,30-27-,41-38-. The van der Waals surface area contributed by atoms with Crippen LogP contribution in [-0.4, -0.2) is 37.2 Å². The molecule has 0 saturated heterocycles. The van der Waals surface area contributed by atoms with Crippen LogP contribution in [0.4, 0.5) is 0 Å². The molecule has 6 heteroatoms. The molecule has 73 heavy (non-hydrogen) atoms. The molecule has 0 aromatic rings. The Kier molecular flexibility index (Phi) is 59.7. The van der Waals surface area contributed by atoms with E-state index >= 15 is 0 Å². The normalized spacial score (nSPS) is 12.3. The average molecular weight is 1020 g/mol. The van der Waals surface area contributed by atoms with Crippen molar-refractivity contribution in [1.29, 1.82) is 0 Å². The smallest absolute Gasteiger partial charge is 0.306 e. The lowest BCUT2D eigenvalue weighted by atomic mass is 10.0. The summed E-state index contributed by atoms with van der Waals surface area (Å²) in [5, 5.41) is 0. The Balaban J connectivity index is 4.35. The Bertz CT molecular complexity index is 1270. The van der Waals surface area contributed by atoms with Gasteiger partial charge in [-0.1, -0.05) is 313 Å². The van der Waals surface area contributed by atoms with Crippen LogP contribution in [0, 0.1) is 0 Å². The molecule has 0 spiro atoms. The van der Waals surface area contributed by atoms with Crippen LogP contribution in [0.1, 0.15) is 342 Å². The van der Waals surface area contributed by atoms with Crippen LogP contribution in [0.3, 0.4) is 0 Å². The maximum Gasteiger partial charge on any atom is 0.306 e. The zero-order chi connectivity index (χ0) is 52.9. The van der Waals surface area contributed by atoms with Gasteiger partial charge in [0.05, 0.1) is 0 Å². The number of esters is 3. The minimum Gasteiger partial charge on any atom is -0.462 e. The van der Waals surface area contributed by atoms with Gasteiger partial charge < -0.3 is 14.2 Å². The quantitative estimate of drug-likeness (QED) is 0.0261. The Morgan fingerprint density at radius 2 is 0.534 bits per heavy atom. The largest absolute Gasteiger partial charge is 0.462 e. The van der Waals surface area contributed by atoms with Crippen molar-refractivity contribution in [3.63, 3.8) is 0 Å². The van der Waals surface area contributed by atoms with Gasteiger partial charge in [-0.05, 0) is 57.8 Å². The molecule has 1 atom stereocenters. The average Bonchev–Trinajstić information content (AvgIpc) is 3.39. The molecule has 0 bridgehead atoms. The molecule has 0 aliphatic heterocycles. The molecule has 426 valence electrons. The summed E-state index contributed by atoms with van der Waals surface area (Å²) in [7, 11) is 0. The molecular formula is C67H122O6. The van der Waals surface area contributed by atoms with E-state index in [1.165, 1.54) is 205 Å². The number of ether oxygens (including phenoxy) is 3. The van der Waals surface area contributed by atoms with E-state index in [2.05, 4.69) is 69.4 Å². The van der Waals surface area contributed by atoms with Crippen molar-refractivity contribution in [3.8, 4) is 0 Å². The van der Waals surface area contributed by atoms with Crippen molar-refractivity contribution in [2.45, 2.75) is 348 Å².